The fraction of sp³-hybridized carbons (Fsp3) is 0.227. The van der Waals surface area contributed by atoms with Crippen LogP contribution in [0.2, 0.25) is 0 Å². The summed E-state index contributed by atoms with van der Waals surface area (Å²) in [6.07, 6.45) is -6.54. The van der Waals surface area contributed by atoms with Gasteiger partial charge in [-0.1, -0.05) is 6.07 Å². The fourth-order valence-corrected chi connectivity index (χ4v) is 4.12. The van der Waals surface area contributed by atoms with Gasteiger partial charge in [0.25, 0.3) is 5.91 Å². The van der Waals surface area contributed by atoms with Crippen LogP contribution in [0.1, 0.15) is 27.5 Å². The maximum absolute atomic E-state index is 13.5. The van der Waals surface area contributed by atoms with Crippen LogP contribution in [0, 0.1) is 0 Å². The van der Waals surface area contributed by atoms with Crippen LogP contribution in [0.4, 0.5) is 32.2 Å². The van der Waals surface area contributed by atoms with E-state index in [4.69, 9.17) is 10.5 Å². The molecule has 0 spiro atoms. The first-order chi connectivity index (χ1) is 16.4. The number of imidazole rings is 1. The average Bonchev–Trinajstić information content (AvgIpc) is 3.43. The van der Waals surface area contributed by atoms with Gasteiger partial charge in [-0.3, -0.25) is 9.20 Å². The highest BCUT2D eigenvalue weighted by Crippen LogP contribution is 2.41. The smallest absolute Gasteiger partial charge is 0.416 e. The highest BCUT2D eigenvalue weighted by molar-refractivity contribution is 5.98. The number of nitrogens with two attached hydrogens (primary N) is 1. The van der Waals surface area contributed by atoms with Crippen LogP contribution in [0.3, 0.4) is 0 Å². The van der Waals surface area contributed by atoms with Crippen LogP contribution < -0.4 is 10.5 Å². The maximum Gasteiger partial charge on any atom is 0.416 e. The van der Waals surface area contributed by atoms with Gasteiger partial charge in [-0.2, -0.15) is 26.3 Å². The van der Waals surface area contributed by atoms with Gasteiger partial charge in [-0.15, -0.1) is 0 Å². The van der Waals surface area contributed by atoms with Gasteiger partial charge in [-0.25, -0.2) is 9.97 Å². The third kappa shape index (κ3) is 4.06. The molecule has 0 radical (unpaired) electrons. The summed E-state index contributed by atoms with van der Waals surface area (Å²) < 4.78 is 86.3. The SMILES string of the molecule is Nc1nc2ccc(C(=O)N(CC(F)(F)F)C3COc4cc(C(F)(F)F)ccc43)cc2n2cncc12. The third-order valence-electron chi connectivity index (χ3n) is 5.71. The van der Waals surface area contributed by atoms with Crippen LogP contribution in [-0.2, 0) is 6.18 Å². The molecule has 1 amide bonds. The van der Waals surface area contributed by atoms with E-state index in [1.165, 1.54) is 30.7 Å². The summed E-state index contributed by atoms with van der Waals surface area (Å²) in [6, 6.07) is 5.38. The fourth-order valence-electron chi connectivity index (χ4n) is 4.12. The van der Waals surface area contributed by atoms with Gasteiger partial charge in [0.05, 0.1) is 35.2 Å². The zero-order valence-corrected chi connectivity index (χ0v) is 17.6. The van der Waals surface area contributed by atoms with Gasteiger partial charge < -0.3 is 15.4 Å². The van der Waals surface area contributed by atoms with Crippen molar-refractivity contribution in [2.75, 3.05) is 18.9 Å². The van der Waals surface area contributed by atoms with Crippen LogP contribution in [0.25, 0.3) is 16.6 Å². The van der Waals surface area contributed by atoms with E-state index in [2.05, 4.69) is 9.97 Å². The Hall–Kier alpha value is -4.03. The quantitative estimate of drug-likeness (QED) is 0.420. The van der Waals surface area contributed by atoms with E-state index in [0.29, 0.717) is 27.5 Å². The molecule has 1 atom stereocenters. The molecule has 0 aliphatic carbocycles. The highest BCUT2D eigenvalue weighted by atomic mass is 19.4. The number of ether oxygens (including phenoxy) is 1. The van der Waals surface area contributed by atoms with Crippen LogP contribution in [-0.4, -0.2) is 44.5 Å². The van der Waals surface area contributed by atoms with Crippen molar-refractivity contribution in [1.82, 2.24) is 19.3 Å². The summed E-state index contributed by atoms with van der Waals surface area (Å²) in [6.45, 7) is -2.05. The molecule has 5 rings (SSSR count). The Morgan fingerprint density at radius 3 is 2.60 bits per heavy atom. The Labute approximate surface area is 192 Å². The molecule has 0 bridgehead atoms. The summed E-state index contributed by atoms with van der Waals surface area (Å²) in [5.41, 5.74) is 6.10. The van der Waals surface area contributed by atoms with Crippen LogP contribution >= 0.6 is 0 Å². The van der Waals surface area contributed by atoms with Crippen molar-refractivity contribution in [3.63, 3.8) is 0 Å². The molecule has 3 heterocycles. The number of nitrogens with zero attached hydrogens (tertiary/aromatic N) is 4. The monoisotopic (exact) mass is 495 g/mol. The molecule has 0 saturated carbocycles. The largest absolute Gasteiger partial charge is 0.491 e. The molecule has 1 unspecified atom stereocenters. The van der Waals surface area contributed by atoms with E-state index in [1.807, 2.05) is 0 Å². The molecular weight excluding hydrogens is 480 g/mol. The van der Waals surface area contributed by atoms with Crippen molar-refractivity contribution in [2.45, 2.75) is 18.4 Å². The first kappa shape index (κ1) is 22.7. The zero-order chi connectivity index (χ0) is 25.1. The number of hydrogen-bond donors (Lipinski definition) is 1. The predicted octanol–water partition coefficient (Wildman–Crippen LogP) is 4.62. The number of carbonyl (C=O) groups is 1. The second-order valence-corrected chi connectivity index (χ2v) is 7.97. The Morgan fingerprint density at radius 2 is 1.89 bits per heavy atom. The van der Waals surface area contributed by atoms with Gasteiger partial charge in [0.2, 0.25) is 0 Å². The summed E-state index contributed by atoms with van der Waals surface area (Å²) in [5.74, 6) is -1.01. The normalized spacial score (nSPS) is 15.9. The van der Waals surface area contributed by atoms with Crippen LogP contribution in [0.5, 0.6) is 5.75 Å². The lowest BCUT2D eigenvalue weighted by atomic mass is 10.0. The number of rotatable bonds is 3. The third-order valence-corrected chi connectivity index (χ3v) is 5.71. The highest BCUT2D eigenvalue weighted by Gasteiger charge is 2.41. The second kappa shape index (κ2) is 7.75. The van der Waals surface area contributed by atoms with Crippen molar-refractivity contribution in [1.29, 1.82) is 0 Å². The number of aromatic nitrogens is 3. The molecule has 2 aromatic heterocycles. The Balaban J connectivity index is 1.56. The number of nitrogen functional groups attached to an aromatic ring is 1. The lowest BCUT2D eigenvalue weighted by molar-refractivity contribution is -0.145. The molecule has 1 aliphatic rings. The van der Waals surface area contributed by atoms with Crippen LogP contribution in [0.15, 0.2) is 48.9 Å². The van der Waals surface area contributed by atoms with E-state index >= 15 is 0 Å². The van der Waals surface area contributed by atoms with Crippen molar-refractivity contribution >= 4 is 28.3 Å². The number of carbonyl (C=O) groups excluding carboxylic acids is 1. The number of fused-ring (bicyclic) bond motifs is 4. The molecule has 13 heteroatoms. The first-order valence-electron chi connectivity index (χ1n) is 10.2. The molecule has 182 valence electrons. The number of benzene rings is 2. The predicted molar refractivity (Wildman–Crippen MR) is 112 cm³/mol. The van der Waals surface area contributed by atoms with Crippen molar-refractivity contribution in [2.24, 2.45) is 0 Å². The summed E-state index contributed by atoms with van der Waals surface area (Å²) in [7, 11) is 0. The number of alkyl halides is 6. The molecule has 4 aromatic rings. The van der Waals surface area contributed by atoms with Gasteiger partial charge in [0, 0.05) is 11.1 Å². The molecule has 7 nitrogen and oxygen atoms in total. The molecule has 1 aliphatic heterocycles. The minimum Gasteiger partial charge on any atom is -0.491 e. The van der Waals surface area contributed by atoms with E-state index in [0.717, 1.165) is 12.1 Å². The molecule has 2 aromatic carbocycles. The van der Waals surface area contributed by atoms with Crippen molar-refractivity contribution in [3.05, 3.63) is 65.6 Å². The maximum atomic E-state index is 13.5. The Bertz CT molecular complexity index is 1460. The van der Waals surface area contributed by atoms with E-state index < -0.39 is 43.0 Å². The summed E-state index contributed by atoms with van der Waals surface area (Å²) >= 11 is 0. The molecule has 0 fully saturated rings. The van der Waals surface area contributed by atoms with Gasteiger partial charge in [-0.05, 0) is 30.3 Å². The number of amides is 1. The average molecular weight is 495 g/mol. The van der Waals surface area contributed by atoms with E-state index in [-0.39, 0.29) is 22.7 Å². The standard InChI is InChI=1S/C22H15F6N5O2/c23-21(24,25)9-32(17-8-35-18-6-12(22(26,27)28)2-3-13(17)18)20(34)11-1-4-14-15(5-11)33-10-30-7-16(33)19(29)31-14/h1-7,10,17H,8-9H2,(H2,29,31). The Morgan fingerprint density at radius 1 is 1.11 bits per heavy atom. The van der Waals surface area contributed by atoms with E-state index in [9.17, 15) is 31.1 Å². The lowest BCUT2D eigenvalue weighted by Crippen LogP contribution is -2.42. The first-order valence-corrected chi connectivity index (χ1v) is 10.2. The van der Waals surface area contributed by atoms with E-state index in [1.54, 1.807) is 4.40 Å². The topological polar surface area (TPSA) is 85.8 Å². The number of hydrogen-bond acceptors (Lipinski definition) is 5. The summed E-state index contributed by atoms with van der Waals surface area (Å²) in [4.78, 5) is 22.1. The Kier molecular flexibility index (Phi) is 5.04. The molecule has 0 saturated heterocycles. The van der Waals surface area contributed by atoms with Gasteiger partial charge in [0.1, 0.15) is 30.2 Å². The number of halogens is 6. The minimum atomic E-state index is -4.77. The van der Waals surface area contributed by atoms with Crippen molar-refractivity contribution < 1.29 is 35.9 Å². The van der Waals surface area contributed by atoms with Crippen molar-refractivity contribution in [3.8, 4) is 5.75 Å². The lowest BCUT2D eigenvalue weighted by Gasteiger charge is -2.29. The summed E-state index contributed by atoms with van der Waals surface area (Å²) in [5, 5.41) is 0. The number of anilines is 1. The van der Waals surface area contributed by atoms with Gasteiger partial charge in [0.15, 0.2) is 0 Å². The molecule has 35 heavy (non-hydrogen) atoms. The van der Waals surface area contributed by atoms with Gasteiger partial charge >= 0.3 is 12.4 Å². The zero-order valence-electron chi connectivity index (χ0n) is 17.6. The molecule has 2 N–H and O–H groups in total. The second-order valence-electron chi connectivity index (χ2n) is 7.97. The molecular formula is C22H15F6N5O2. The minimum absolute atomic E-state index is 0.0582.